The van der Waals surface area contributed by atoms with E-state index in [0.717, 1.165) is 0 Å². The Kier molecular flexibility index (Phi) is 0.940. The summed E-state index contributed by atoms with van der Waals surface area (Å²) in [7, 11) is -2.86. The van der Waals surface area contributed by atoms with Crippen LogP contribution in [0.2, 0.25) is 0 Å². The molecule has 0 saturated heterocycles. The van der Waals surface area contributed by atoms with Crippen molar-refractivity contribution in [3.63, 3.8) is 0 Å². The Morgan fingerprint density at radius 3 is 3.50 bits per heavy atom. The molecular formula is C6H5BrFNO. The molecule has 0 aliphatic heterocycles. The molecule has 0 saturated carbocycles. The Balaban J connectivity index is 3.21. The molecule has 0 aromatic carbocycles. The van der Waals surface area contributed by atoms with Crippen molar-refractivity contribution in [3.8, 4) is 5.88 Å². The quantitative estimate of drug-likeness (QED) is 0.708. The van der Waals surface area contributed by atoms with Crippen LogP contribution in [0, 0.1) is 5.82 Å². The van der Waals surface area contributed by atoms with Crippen LogP contribution in [0.3, 0.4) is 0 Å². The van der Waals surface area contributed by atoms with Crippen LogP contribution in [-0.4, -0.2) is 12.0 Å². The molecule has 0 aliphatic carbocycles. The van der Waals surface area contributed by atoms with Crippen molar-refractivity contribution < 1.29 is 16.0 Å². The molecule has 1 heterocycles. The smallest absolute Gasteiger partial charge is 0.250 e. The first kappa shape index (κ1) is 3.17. The number of nitrogens with zero attached hydrogens (tertiary/aromatic N) is 1. The second kappa shape index (κ2) is 2.96. The van der Waals surface area contributed by atoms with Gasteiger partial charge in [-0.3, -0.25) is 0 Å². The van der Waals surface area contributed by atoms with Crippen molar-refractivity contribution in [2.24, 2.45) is 0 Å². The first-order chi connectivity index (χ1) is 6.72. The van der Waals surface area contributed by atoms with E-state index in [0.29, 0.717) is 0 Å². The van der Waals surface area contributed by atoms with E-state index in [2.05, 4.69) is 25.7 Å². The third kappa shape index (κ3) is 1.44. The zero-order valence-electron chi connectivity index (χ0n) is 9.61. The number of pyridine rings is 1. The van der Waals surface area contributed by atoms with Crippen LogP contribution in [0.1, 0.15) is 6.85 Å². The van der Waals surface area contributed by atoms with E-state index in [9.17, 15) is 4.39 Å². The summed E-state index contributed by atoms with van der Waals surface area (Å²) in [6, 6.07) is -0.658. The molecule has 2 nitrogen and oxygen atoms in total. The highest BCUT2D eigenvalue weighted by molar-refractivity contribution is 9.10. The number of halogens is 2. The van der Waals surface area contributed by atoms with E-state index in [4.69, 9.17) is 6.85 Å². The highest BCUT2D eigenvalue weighted by Crippen LogP contribution is 2.16. The standard InChI is InChI=1S/C6H5BrFNO/c1-10-6-5(8)2-4(7)3-9-6/h2-3H,1H3/i1D3,2D,3D. The highest BCUT2D eigenvalue weighted by Gasteiger charge is 2.01. The second-order valence-corrected chi connectivity index (χ2v) is 2.18. The lowest BCUT2D eigenvalue weighted by Crippen LogP contribution is -1.90. The molecule has 0 spiro atoms. The predicted molar refractivity (Wildman–Crippen MR) is 38.4 cm³/mol. The van der Waals surface area contributed by atoms with Crippen molar-refractivity contribution in [2.45, 2.75) is 0 Å². The maximum Gasteiger partial charge on any atom is 0.250 e. The Labute approximate surface area is 73.2 Å². The third-order valence-corrected chi connectivity index (χ3v) is 1.14. The van der Waals surface area contributed by atoms with Gasteiger partial charge in [-0.2, -0.15) is 0 Å². The largest absolute Gasteiger partial charge is 0.479 e. The molecule has 1 rings (SSSR count). The zero-order valence-corrected chi connectivity index (χ0v) is 6.20. The SMILES string of the molecule is [2H]c1nc(OC([2H])([2H])[2H])c(F)c([2H])c1Br. The van der Waals surface area contributed by atoms with E-state index in [1.54, 1.807) is 0 Å². The molecule has 1 aromatic heterocycles. The average molecular weight is 211 g/mol. The molecular weight excluding hydrogens is 201 g/mol. The van der Waals surface area contributed by atoms with Gasteiger partial charge in [0.25, 0.3) is 0 Å². The number of hydrogen-bond donors (Lipinski definition) is 0. The predicted octanol–water partition coefficient (Wildman–Crippen LogP) is 1.99. The van der Waals surface area contributed by atoms with E-state index in [1.807, 2.05) is 0 Å². The maximum atomic E-state index is 13.2. The van der Waals surface area contributed by atoms with E-state index in [1.165, 1.54) is 0 Å². The van der Waals surface area contributed by atoms with Gasteiger partial charge in [-0.15, -0.1) is 0 Å². The Morgan fingerprint density at radius 2 is 2.80 bits per heavy atom. The van der Waals surface area contributed by atoms with E-state index >= 15 is 0 Å². The minimum Gasteiger partial charge on any atom is -0.479 e. The summed E-state index contributed by atoms with van der Waals surface area (Å²) in [5.41, 5.74) is 0. The first-order valence-electron chi connectivity index (χ1n) is 4.73. The van der Waals surface area contributed by atoms with Crippen LogP contribution in [0.5, 0.6) is 5.88 Å². The van der Waals surface area contributed by atoms with Gasteiger partial charge in [-0.05, 0) is 22.0 Å². The van der Waals surface area contributed by atoms with Gasteiger partial charge in [-0.25, -0.2) is 9.37 Å². The molecule has 0 amide bonds. The molecule has 54 valence electrons. The lowest BCUT2D eigenvalue weighted by Gasteiger charge is -1.98. The Hall–Kier alpha value is -0.640. The van der Waals surface area contributed by atoms with Crippen molar-refractivity contribution >= 4 is 15.9 Å². The van der Waals surface area contributed by atoms with Crippen LogP contribution in [0.25, 0.3) is 0 Å². The molecule has 0 atom stereocenters. The van der Waals surface area contributed by atoms with Gasteiger partial charge in [0.05, 0.1) is 13.9 Å². The normalized spacial score (nSPS) is 18.0. The summed E-state index contributed by atoms with van der Waals surface area (Å²) in [5, 5.41) is 0. The number of ether oxygens (including phenoxy) is 1. The molecule has 0 bridgehead atoms. The fraction of sp³-hybridized carbons (Fsp3) is 0.167. The van der Waals surface area contributed by atoms with Crippen LogP contribution in [0.4, 0.5) is 4.39 Å². The second-order valence-electron chi connectivity index (χ2n) is 1.38. The van der Waals surface area contributed by atoms with Gasteiger partial charge >= 0.3 is 0 Å². The number of hydrogen-bond acceptors (Lipinski definition) is 2. The fourth-order valence-electron chi connectivity index (χ4n) is 0.394. The summed E-state index contributed by atoms with van der Waals surface area (Å²) in [5.74, 6) is -2.08. The van der Waals surface area contributed by atoms with Crippen molar-refractivity contribution in [3.05, 3.63) is 22.5 Å². The molecule has 0 N–H and O–H groups in total. The van der Waals surface area contributed by atoms with Gasteiger partial charge in [0, 0.05) is 10.6 Å². The molecule has 1 aromatic rings. The lowest BCUT2D eigenvalue weighted by atomic mass is 10.5. The number of methoxy groups -OCH3 is 1. The maximum absolute atomic E-state index is 13.2. The molecule has 0 unspecified atom stereocenters. The fourth-order valence-corrected chi connectivity index (χ4v) is 0.657. The van der Waals surface area contributed by atoms with Crippen LogP contribution >= 0.6 is 15.9 Å². The summed E-state index contributed by atoms with van der Waals surface area (Å²) in [6.07, 6.45) is -0.458. The van der Waals surface area contributed by atoms with Crippen molar-refractivity contribution in [1.82, 2.24) is 4.98 Å². The summed E-state index contributed by atoms with van der Waals surface area (Å²) in [4.78, 5) is 3.26. The number of rotatable bonds is 1. The van der Waals surface area contributed by atoms with Gasteiger partial charge in [0.2, 0.25) is 5.88 Å². The monoisotopic (exact) mass is 210 g/mol. The topological polar surface area (TPSA) is 22.1 Å². The molecule has 0 aliphatic rings. The van der Waals surface area contributed by atoms with Gasteiger partial charge in [-0.1, -0.05) is 0 Å². The molecule has 10 heavy (non-hydrogen) atoms. The molecule has 0 radical (unpaired) electrons. The minimum atomic E-state index is -2.86. The van der Waals surface area contributed by atoms with E-state index in [-0.39, 0.29) is 4.47 Å². The third-order valence-electron chi connectivity index (χ3n) is 0.760. The van der Waals surface area contributed by atoms with Crippen LogP contribution < -0.4 is 4.74 Å². The Morgan fingerprint density at radius 1 is 2.00 bits per heavy atom. The average Bonchev–Trinajstić information content (AvgIpc) is 2.08. The highest BCUT2D eigenvalue weighted by atomic mass is 79.9. The number of aromatic nitrogens is 1. The molecule has 0 fully saturated rings. The van der Waals surface area contributed by atoms with Crippen molar-refractivity contribution in [2.75, 3.05) is 7.04 Å². The van der Waals surface area contributed by atoms with E-state index < -0.39 is 31.0 Å². The minimum absolute atomic E-state index is 0.155. The lowest BCUT2D eigenvalue weighted by molar-refractivity contribution is 0.369. The van der Waals surface area contributed by atoms with Gasteiger partial charge in [0.1, 0.15) is 0 Å². The summed E-state index contributed by atoms with van der Waals surface area (Å²) in [6.45, 7) is 0. The van der Waals surface area contributed by atoms with Gasteiger partial charge < -0.3 is 4.74 Å². The zero-order chi connectivity index (χ0) is 11.8. The van der Waals surface area contributed by atoms with Crippen molar-refractivity contribution in [1.29, 1.82) is 0 Å². The first-order valence-corrected chi connectivity index (χ1v) is 3.03. The molecule has 4 heteroatoms. The van der Waals surface area contributed by atoms with Gasteiger partial charge in [0.15, 0.2) is 5.82 Å². The summed E-state index contributed by atoms with van der Waals surface area (Å²) < 4.78 is 51.9. The van der Waals surface area contributed by atoms with Crippen LogP contribution in [0.15, 0.2) is 16.7 Å². The Bertz CT molecular complexity index is 396. The van der Waals surface area contributed by atoms with Crippen LogP contribution in [-0.2, 0) is 0 Å². The summed E-state index contributed by atoms with van der Waals surface area (Å²) >= 11 is 2.77.